The van der Waals surface area contributed by atoms with E-state index >= 15 is 0 Å². The molecule has 3 nitrogen and oxygen atoms in total. The fourth-order valence-electron chi connectivity index (χ4n) is 1.08. The highest BCUT2D eigenvalue weighted by atomic mass is 35.5. The third-order valence-electron chi connectivity index (χ3n) is 1.78. The highest BCUT2D eigenvalue weighted by Gasteiger charge is 2.32. The Hall–Kier alpha value is -0.680. The van der Waals surface area contributed by atoms with Crippen molar-refractivity contribution in [3.8, 4) is 0 Å². The Morgan fingerprint density at radius 1 is 1.77 bits per heavy atom. The predicted molar refractivity (Wildman–Crippen MR) is 47.9 cm³/mol. The van der Waals surface area contributed by atoms with Crippen LogP contribution < -0.4 is 0 Å². The van der Waals surface area contributed by atoms with Crippen molar-refractivity contribution in [1.82, 2.24) is 9.88 Å². The van der Waals surface area contributed by atoms with Crippen LogP contribution >= 0.6 is 22.9 Å². The summed E-state index contributed by atoms with van der Waals surface area (Å²) in [7, 11) is 0. The molecule has 1 saturated heterocycles. The number of hydrogen-bond acceptors (Lipinski definition) is 3. The first kappa shape index (κ1) is 8.90. The van der Waals surface area contributed by atoms with Crippen LogP contribution in [0.2, 0.25) is 5.15 Å². The third-order valence-corrected chi connectivity index (χ3v) is 2.94. The molecular weight excluding hydrogens is 215 g/mol. The molecule has 13 heavy (non-hydrogen) atoms. The Bertz CT molecular complexity index is 337. The minimum absolute atomic E-state index is 0.177. The van der Waals surface area contributed by atoms with Gasteiger partial charge in [-0.1, -0.05) is 11.6 Å². The van der Waals surface area contributed by atoms with E-state index in [4.69, 9.17) is 11.6 Å². The minimum Gasteiger partial charge on any atom is -0.331 e. The van der Waals surface area contributed by atoms with E-state index in [1.807, 2.05) is 0 Å². The number of amides is 1. The molecule has 1 amide bonds. The van der Waals surface area contributed by atoms with Gasteiger partial charge in [-0.3, -0.25) is 4.79 Å². The number of likely N-dealkylation sites (tertiary alicyclic amines) is 1. The summed E-state index contributed by atoms with van der Waals surface area (Å²) < 4.78 is 12.4. The summed E-state index contributed by atoms with van der Waals surface area (Å²) in [6.45, 7) is 0.353. The van der Waals surface area contributed by atoms with Gasteiger partial charge < -0.3 is 4.90 Å². The number of halogens is 2. The number of alkyl halides is 1. The van der Waals surface area contributed by atoms with E-state index in [1.54, 1.807) is 5.38 Å². The summed E-state index contributed by atoms with van der Waals surface area (Å²) in [4.78, 5) is 16.7. The summed E-state index contributed by atoms with van der Waals surface area (Å²) in [5.74, 6) is -0.231. The van der Waals surface area contributed by atoms with Crippen LogP contribution in [0.15, 0.2) is 5.38 Å². The molecule has 0 N–H and O–H groups in total. The molecule has 0 atom stereocenters. The van der Waals surface area contributed by atoms with Crippen LogP contribution in [0, 0.1) is 0 Å². The van der Waals surface area contributed by atoms with Crippen LogP contribution in [0.25, 0.3) is 0 Å². The Morgan fingerprint density at radius 3 is 2.92 bits per heavy atom. The van der Waals surface area contributed by atoms with Crippen molar-refractivity contribution in [2.75, 3.05) is 13.1 Å². The van der Waals surface area contributed by atoms with Gasteiger partial charge in [0.2, 0.25) is 0 Å². The maximum absolute atomic E-state index is 12.4. The molecule has 0 spiro atoms. The van der Waals surface area contributed by atoms with E-state index < -0.39 is 6.17 Å². The third kappa shape index (κ3) is 1.66. The maximum Gasteiger partial charge on any atom is 0.283 e. The molecular formula is C7H6ClFN2OS. The maximum atomic E-state index is 12.4. The van der Waals surface area contributed by atoms with Gasteiger partial charge in [0.1, 0.15) is 11.3 Å². The zero-order chi connectivity index (χ0) is 9.42. The normalized spacial score (nSPS) is 17.2. The summed E-state index contributed by atoms with van der Waals surface area (Å²) in [6, 6.07) is 0. The first-order chi connectivity index (χ1) is 6.16. The average Bonchev–Trinajstić information content (AvgIpc) is 2.45. The summed E-state index contributed by atoms with van der Waals surface area (Å²) in [5, 5.41) is 2.23. The Balaban J connectivity index is 2.06. The lowest BCUT2D eigenvalue weighted by Crippen LogP contribution is -2.51. The zero-order valence-electron chi connectivity index (χ0n) is 6.54. The standard InChI is InChI=1S/C7H6ClFN2OS/c8-5-3-13-6(10-5)7(12)11-1-4(9)2-11/h3-4H,1-2H2. The molecule has 1 fully saturated rings. The van der Waals surface area contributed by atoms with Crippen LogP contribution in [0.1, 0.15) is 9.80 Å². The zero-order valence-corrected chi connectivity index (χ0v) is 8.11. The van der Waals surface area contributed by atoms with Crippen molar-refractivity contribution >= 4 is 28.8 Å². The highest BCUT2D eigenvalue weighted by molar-refractivity contribution is 7.12. The summed E-state index contributed by atoms with van der Waals surface area (Å²) >= 11 is 6.73. The largest absolute Gasteiger partial charge is 0.331 e. The SMILES string of the molecule is O=C(c1nc(Cl)cs1)N1CC(F)C1. The van der Waals surface area contributed by atoms with Crippen molar-refractivity contribution in [1.29, 1.82) is 0 Å². The van der Waals surface area contributed by atoms with Gasteiger partial charge in [0.15, 0.2) is 5.01 Å². The molecule has 0 radical (unpaired) electrons. The lowest BCUT2D eigenvalue weighted by Gasteiger charge is -2.33. The number of rotatable bonds is 1. The Labute approximate surface area is 83.1 Å². The number of hydrogen-bond donors (Lipinski definition) is 0. The van der Waals surface area contributed by atoms with Gasteiger partial charge in [-0.15, -0.1) is 11.3 Å². The van der Waals surface area contributed by atoms with Gasteiger partial charge in [0.25, 0.3) is 5.91 Å². The van der Waals surface area contributed by atoms with E-state index in [-0.39, 0.29) is 19.0 Å². The molecule has 1 aromatic rings. The predicted octanol–water partition coefficient (Wildman–Crippen LogP) is 1.59. The Morgan fingerprint density at radius 2 is 2.46 bits per heavy atom. The van der Waals surface area contributed by atoms with E-state index in [0.29, 0.717) is 10.2 Å². The molecule has 1 aromatic heterocycles. The van der Waals surface area contributed by atoms with E-state index in [1.165, 1.54) is 16.2 Å². The summed E-state index contributed by atoms with van der Waals surface area (Å²) in [6.07, 6.45) is -0.876. The highest BCUT2D eigenvalue weighted by Crippen LogP contribution is 2.19. The van der Waals surface area contributed by atoms with Crippen molar-refractivity contribution in [3.63, 3.8) is 0 Å². The van der Waals surface area contributed by atoms with Crippen LogP contribution in [0.4, 0.5) is 4.39 Å². The van der Waals surface area contributed by atoms with Gasteiger partial charge in [0, 0.05) is 5.38 Å². The minimum atomic E-state index is -0.876. The first-order valence-electron chi connectivity index (χ1n) is 3.71. The number of thiazole rings is 1. The van der Waals surface area contributed by atoms with Crippen molar-refractivity contribution < 1.29 is 9.18 Å². The van der Waals surface area contributed by atoms with Gasteiger partial charge in [-0.2, -0.15) is 0 Å². The molecule has 0 aromatic carbocycles. The molecule has 0 bridgehead atoms. The summed E-state index contributed by atoms with van der Waals surface area (Å²) in [5.41, 5.74) is 0. The molecule has 2 heterocycles. The molecule has 6 heteroatoms. The van der Waals surface area contributed by atoms with Crippen molar-refractivity contribution in [2.45, 2.75) is 6.17 Å². The lowest BCUT2D eigenvalue weighted by molar-refractivity contribution is 0.0400. The average molecular weight is 221 g/mol. The fourth-order valence-corrected chi connectivity index (χ4v) is 1.99. The van der Waals surface area contributed by atoms with Gasteiger partial charge in [-0.25, -0.2) is 9.37 Å². The molecule has 0 saturated carbocycles. The monoisotopic (exact) mass is 220 g/mol. The van der Waals surface area contributed by atoms with Crippen LogP contribution in [0.5, 0.6) is 0 Å². The van der Waals surface area contributed by atoms with Crippen LogP contribution in [0.3, 0.4) is 0 Å². The van der Waals surface area contributed by atoms with E-state index in [9.17, 15) is 9.18 Å². The molecule has 70 valence electrons. The van der Waals surface area contributed by atoms with Gasteiger partial charge >= 0.3 is 0 Å². The second kappa shape index (κ2) is 3.23. The quantitative estimate of drug-likeness (QED) is 0.720. The molecule has 2 rings (SSSR count). The molecule has 1 aliphatic heterocycles. The van der Waals surface area contributed by atoms with E-state index in [2.05, 4.69) is 4.98 Å². The Kier molecular flexibility index (Phi) is 2.21. The number of nitrogens with zero attached hydrogens (tertiary/aromatic N) is 2. The number of carbonyl (C=O) groups excluding carboxylic acids is 1. The first-order valence-corrected chi connectivity index (χ1v) is 4.97. The number of carbonyl (C=O) groups is 1. The lowest BCUT2D eigenvalue weighted by atomic mass is 10.2. The topological polar surface area (TPSA) is 33.2 Å². The smallest absolute Gasteiger partial charge is 0.283 e. The van der Waals surface area contributed by atoms with Crippen molar-refractivity contribution in [3.05, 3.63) is 15.5 Å². The fraction of sp³-hybridized carbons (Fsp3) is 0.429. The second-order valence-corrected chi connectivity index (χ2v) is 4.03. The second-order valence-electron chi connectivity index (χ2n) is 2.78. The van der Waals surface area contributed by atoms with Gasteiger partial charge in [-0.05, 0) is 0 Å². The van der Waals surface area contributed by atoms with E-state index in [0.717, 1.165) is 0 Å². The van der Waals surface area contributed by atoms with Gasteiger partial charge in [0.05, 0.1) is 13.1 Å². The van der Waals surface area contributed by atoms with Crippen LogP contribution in [-0.2, 0) is 0 Å². The number of aromatic nitrogens is 1. The molecule has 1 aliphatic rings. The molecule has 0 aliphatic carbocycles. The van der Waals surface area contributed by atoms with Crippen LogP contribution in [-0.4, -0.2) is 35.1 Å². The molecule has 0 unspecified atom stereocenters. The van der Waals surface area contributed by atoms with Crippen molar-refractivity contribution in [2.24, 2.45) is 0 Å².